The van der Waals surface area contributed by atoms with Crippen molar-refractivity contribution in [1.29, 1.82) is 0 Å². The number of ether oxygens (including phenoxy) is 2. The van der Waals surface area contributed by atoms with Gasteiger partial charge in [0.05, 0.1) is 43.3 Å². The molecule has 7 rings (SSSR count). The number of likely N-dealkylation sites (tertiary alicyclic amines) is 1. The lowest BCUT2D eigenvalue weighted by atomic mass is 9.68. The standard InChI is InChI=1S/C36H45ClN4O6S/c1-23-5-3-7-32(42)29-11-8-26(29)17-41-21-36(14-4-6-24-15-27(37)10-12-30(24)36)22-47-33-13-9-25(16-31(33)41)34(43)38-48(45,20-23)39-35(44)40-18-28(19-40)46-2/h3,7,9-10,12-13,15-16,23,26,28-29,32,42H,4-6,8,11,14,17-22H2,1-2H3,(H,38,39,43,44,45)/b7-3+/t23-,26-,29+,32-,36-,48-/m0/s1. The van der Waals surface area contributed by atoms with Gasteiger partial charge in [0.1, 0.15) is 15.7 Å². The first kappa shape index (κ1) is 33.4. The second kappa shape index (κ2) is 13.3. The van der Waals surface area contributed by atoms with E-state index in [2.05, 4.69) is 26.1 Å². The van der Waals surface area contributed by atoms with E-state index in [-0.39, 0.29) is 40.6 Å². The van der Waals surface area contributed by atoms with Gasteiger partial charge in [-0.1, -0.05) is 36.7 Å². The monoisotopic (exact) mass is 696 g/mol. The van der Waals surface area contributed by atoms with E-state index in [1.807, 2.05) is 31.2 Å². The van der Waals surface area contributed by atoms with Crippen LogP contribution in [-0.4, -0.2) is 84.0 Å². The summed E-state index contributed by atoms with van der Waals surface area (Å²) in [6.07, 6.45) is 8.52. The lowest BCUT2D eigenvalue weighted by molar-refractivity contribution is -0.00645. The quantitative estimate of drug-likeness (QED) is 0.406. The van der Waals surface area contributed by atoms with Crippen molar-refractivity contribution in [2.75, 3.05) is 50.5 Å². The van der Waals surface area contributed by atoms with Crippen LogP contribution in [0.2, 0.25) is 5.02 Å². The molecule has 1 spiro atoms. The highest BCUT2D eigenvalue weighted by Gasteiger charge is 2.44. The van der Waals surface area contributed by atoms with Gasteiger partial charge in [0.25, 0.3) is 5.91 Å². The van der Waals surface area contributed by atoms with Gasteiger partial charge in [-0.25, -0.2) is 9.00 Å². The zero-order valence-corrected chi connectivity index (χ0v) is 29.2. The summed E-state index contributed by atoms with van der Waals surface area (Å²) in [6, 6.07) is 10.9. The summed E-state index contributed by atoms with van der Waals surface area (Å²) in [6.45, 7) is 4.54. The van der Waals surface area contributed by atoms with E-state index in [9.17, 15) is 18.9 Å². The molecule has 2 fully saturated rings. The smallest absolute Gasteiger partial charge is 0.330 e. The molecule has 1 saturated carbocycles. The third-order valence-corrected chi connectivity index (χ3v) is 13.2. The van der Waals surface area contributed by atoms with Crippen LogP contribution < -0.4 is 14.4 Å². The number of fused-ring (bicyclic) bond motifs is 4. The molecule has 258 valence electrons. The summed E-state index contributed by atoms with van der Waals surface area (Å²) in [5, 5.41) is 12.0. The molecule has 48 heavy (non-hydrogen) atoms. The summed E-state index contributed by atoms with van der Waals surface area (Å²) >= 11 is 6.42. The number of anilines is 1. The van der Waals surface area contributed by atoms with Crippen molar-refractivity contribution >= 4 is 39.1 Å². The Morgan fingerprint density at radius 1 is 1.19 bits per heavy atom. The minimum atomic E-state index is -3.49. The molecule has 12 heteroatoms. The summed E-state index contributed by atoms with van der Waals surface area (Å²) in [7, 11) is -1.90. The second-order valence-electron chi connectivity index (χ2n) is 14.4. The Morgan fingerprint density at radius 3 is 2.79 bits per heavy atom. The molecule has 0 aromatic heterocycles. The number of benzene rings is 2. The van der Waals surface area contributed by atoms with Crippen molar-refractivity contribution in [3.63, 3.8) is 0 Å². The fourth-order valence-corrected chi connectivity index (χ4v) is 10.2. The number of hydrogen-bond donors (Lipinski definition) is 2. The topological polar surface area (TPSA) is 121 Å². The average molecular weight is 697 g/mol. The third kappa shape index (κ3) is 6.58. The van der Waals surface area contributed by atoms with Crippen LogP contribution >= 0.6 is 11.6 Å². The van der Waals surface area contributed by atoms with Gasteiger partial charge in [0.2, 0.25) is 0 Å². The summed E-state index contributed by atoms with van der Waals surface area (Å²) in [4.78, 5) is 30.8. The van der Waals surface area contributed by atoms with Crippen LogP contribution in [0.25, 0.3) is 0 Å². The first-order valence-electron chi connectivity index (χ1n) is 17.1. The summed E-state index contributed by atoms with van der Waals surface area (Å²) in [5.74, 6) is 0.223. The molecule has 3 aliphatic heterocycles. The van der Waals surface area contributed by atoms with Crippen molar-refractivity contribution < 1.29 is 28.4 Å². The molecular weight excluding hydrogens is 652 g/mol. The SMILES string of the molecule is COC1CN(C(=O)N[S@@]2(=O)=NC(=O)c3ccc4c(c3)N(C[C@@H]3CC[C@H]3[C@@H](O)/C=C/C[C@H](C)C2)C[C@@]2(CCCc3cc(Cl)ccc32)CO4)C1. The van der Waals surface area contributed by atoms with Crippen LogP contribution in [0.3, 0.4) is 0 Å². The number of urea groups is 1. The number of amides is 3. The number of nitrogens with one attached hydrogen (secondary N) is 1. The maximum absolute atomic E-state index is 14.3. The number of carbonyl (C=O) groups excluding carboxylic acids is 2. The summed E-state index contributed by atoms with van der Waals surface area (Å²) in [5.41, 5.74) is 3.28. The Bertz CT molecular complexity index is 1740. The highest BCUT2D eigenvalue weighted by atomic mass is 35.5. The van der Waals surface area contributed by atoms with E-state index < -0.39 is 28.0 Å². The zero-order chi connectivity index (χ0) is 33.6. The van der Waals surface area contributed by atoms with Crippen molar-refractivity contribution in [2.45, 2.75) is 63.1 Å². The number of methoxy groups -OCH3 is 1. The van der Waals surface area contributed by atoms with Crippen LogP contribution in [0.5, 0.6) is 5.75 Å². The summed E-state index contributed by atoms with van der Waals surface area (Å²) < 4.78 is 33.0. The van der Waals surface area contributed by atoms with E-state index in [1.54, 1.807) is 19.2 Å². The molecule has 6 atom stereocenters. The lowest BCUT2D eigenvalue weighted by Gasteiger charge is -2.45. The van der Waals surface area contributed by atoms with Gasteiger partial charge in [0.15, 0.2) is 0 Å². The largest absolute Gasteiger partial charge is 0.490 e. The van der Waals surface area contributed by atoms with Gasteiger partial charge in [0, 0.05) is 36.2 Å². The van der Waals surface area contributed by atoms with E-state index in [1.165, 1.54) is 16.0 Å². The fourth-order valence-electron chi connectivity index (χ4n) is 8.09. The first-order chi connectivity index (χ1) is 23.0. The van der Waals surface area contributed by atoms with Crippen molar-refractivity contribution in [3.05, 3.63) is 70.3 Å². The van der Waals surface area contributed by atoms with Crippen molar-refractivity contribution in [2.24, 2.45) is 22.1 Å². The second-order valence-corrected chi connectivity index (χ2v) is 16.9. The number of carbonyl (C=O) groups is 2. The minimum absolute atomic E-state index is 0.00929. The molecule has 2 aliphatic carbocycles. The van der Waals surface area contributed by atoms with Crippen LogP contribution in [-0.2, 0) is 26.5 Å². The molecule has 2 aromatic carbocycles. The van der Waals surface area contributed by atoms with E-state index in [0.717, 1.165) is 42.8 Å². The van der Waals surface area contributed by atoms with Crippen LogP contribution in [0, 0.1) is 17.8 Å². The van der Waals surface area contributed by atoms with Gasteiger partial charge in [-0.3, -0.25) is 9.52 Å². The molecule has 5 aliphatic rings. The van der Waals surface area contributed by atoms with Gasteiger partial charge in [-0.15, -0.1) is 4.36 Å². The highest BCUT2D eigenvalue weighted by Crippen LogP contribution is 2.46. The molecule has 2 bridgehead atoms. The van der Waals surface area contributed by atoms with Gasteiger partial charge in [-0.05, 0) is 97.7 Å². The number of aliphatic hydroxyl groups excluding tert-OH is 1. The number of aliphatic hydroxyl groups is 1. The molecule has 1 saturated heterocycles. The number of halogens is 1. The predicted octanol–water partition coefficient (Wildman–Crippen LogP) is 5.36. The molecule has 2 aromatic rings. The molecule has 0 radical (unpaired) electrons. The normalized spacial score (nSPS) is 32.8. The average Bonchev–Trinajstić information content (AvgIpc) is 3.14. The van der Waals surface area contributed by atoms with Gasteiger partial charge >= 0.3 is 6.03 Å². The number of nitrogens with zero attached hydrogens (tertiary/aromatic N) is 3. The van der Waals surface area contributed by atoms with Crippen molar-refractivity contribution in [1.82, 2.24) is 9.62 Å². The van der Waals surface area contributed by atoms with E-state index in [0.29, 0.717) is 45.0 Å². The fraction of sp³-hybridized carbons (Fsp3) is 0.556. The Morgan fingerprint density at radius 2 is 2.02 bits per heavy atom. The zero-order valence-electron chi connectivity index (χ0n) is 27.6. The molecule has 0 unspecified atom stereocenters. The third-order valence-electron chi connectivity index (χ3n) is 11.0. The Kier molecular flexibility index (Phi) is 9.25. The minimum Gasteiger partial charge on any atom is -0.490 e. The number of rotatable bonds is 2. The van der Waals surface area contributed by atoms with Crippen molar-refractivity contribution in [3.8, 4) is 5.75 Å². The Labute approximate surface area is 288 Å². The molecule has 10 nitrogen and oxygen atoms in total. The Balaban J connectivity index is 1.27. The Hall–Kier alpha value is -3.12. The highest BCUT2D eigenvalue weighted by molar-refractivity contribution is 7.92. The first-order valence-corrected chi connectivity index (χ1v) is 19.1. The molecule has 3 heterocycles. The maximum atomic E-state index is 14.3. The number of aryl methyl sites for hydroxylation is 1. The molecule has 3 amide bonds. The lowest BCUT2D eigenvalue weighted by Crippen LogP contribution is -2.58. The van der Waals surface area contributed by atoms with Gasteiger partial charge in [-0.2, -0.15) is 0 Å². The van der Waals surface area contributed by atoms with Gasteiger partial charge < -0.3 is 24.4 Å². The molecular formula is C36H45ClN4O6S. The number of allylic oxidation sites excluding steroid dienone is 1. The predicted molar refractivity (Wildman–Crippen MR) is 186 cm³/mol. The van der Waals surface area contributed by atoms with Crippen LogP contribution in [0.4, 0.5) is 10.5 Å². The maximum Gasteiger partial charge on any atom is 0.330 e. The van der Waals surface area contributed by atoms with E-state index in [4.69, 9.17) is 21.1 Å². The van der Waals surface area contributed by atoms with Crippen LogP contribution in [0.1, 0.15) is 60.5 Å². The van der Waals surface area contributed by atoms with E-state index >= 15 is 0 Å². The van der Waals surface area contributed by atoms with Crippen LogP contribution in [0.15, 0.2) is 52.9 Å². The number of hydrogen-bond acceptors (Lipinski definition) is 7. The molecule has 2 N–H and O–H groups in total.